The van der Waals surface area contributed by atoms with E-state index in [4.69, 9.17) is 4.74 Å². The highest BCUT2D eigenvalue weighted by molar-refractivity contribution is 5.69. The number of hydrogen-bond donors (Lipinski definition) is 1. The summed E-state index contributed by atoms with van der Waals surface area (Å²) in [4.78, 5) is 13.5. The summed E-state index contributed by atoms with van der Waals surface area (Å²) in [7, 11) is 0. The molecule has 0 saturated carbocycles. The fourth-order valence-corrected chi connectivity index (χ4v) is 2.10. The minimum Gasteiger partial charge on any atom is -0.508 e. The van der Waals surface area contributed by atoms with Gasteiger partial charge in [0, 0.05) is 19.0 Å². The molecule has 19 heavy (non-hydrogen) atoms. The van der Waals surface area contributed by atoms with Crippen LogP contribution in [0, 0.1) is 6.92 Å². The molecule has 1 aromatic carbocycles. The van der Waals surface area contributed by atoms with Gasteiger partial charge >= 0.3 is 6.09 Å². The molecule has 4 nitrogen and oxygen atoms in total. The van der Waals surface area contributed by atoms with Crippen LogP contribution in [0.5, 0.6) is 5.75 Å². The van der Waals surface area contributed by atoms with Gasteiger partial charge in [0.1, 0.15) is 11.4 Å². The van der Waals surface area contributed by atoms with E-state index in [9.17, 15) is 9.90 Å². The molecule has 0 atom stereocenters. The first-order chi connectivity index (χ1) is 8.76. The van der Waals surface area contributed by atoms with Crippen LogP contribution in [0.4, 0.5) is 4.79 Å². The van der Waals surface area contributed by atoms with Crippen molar-refractivity contribution in [3.63, 3.8) is 0 Å². The number of aromatic hydroxyl groups is 1. The minimum atomic E-state index is -0.447. The van der Waals surface area contributed by atoms with Crippen LogP contribution in [0.15, 0.2) is 18.2 Å². The predicted octanol–water partition coefficient (Wildman–Crippen LogP) is 3.03. The first-order valence-corrected chi connectivity index (χ1v) is 6.54. The van der Waals surface area contributed by atoms with Crippen molar-refractivity contribution < 1.29 is 14.6 Å². The number of rotatable bonds is 1. The third-order valence-electron chi connectivity index (χ3n) is 3.23. The Bertz CT molecular complexity index is 485. The van der Waals surface area contributed by atoms with Crippen molar-refractivity contribution in [2.24, 2.45) is 0 Å². The van der Waals surface area contributed by atoms with Crippen LogP contribution in [-0.4, -0.2) is 34.8 Å². The van der Waals surface area contributed by atoms with Crippen molar-refractivity contribution in [2.75, 3.05) is 13.1 Å². The molecule has 1 amide bonds. The average Bonchev–Trinajstić information content (AvgIpc) is 2.18. The van der Waals surface area contributed by atoms with Crippen LogP contribution >= 0.6 is 0 Å². The molecule has 104 valence electrons. The van der Waals surface area contributed by atoms with Crippen LogP contribution < -0.4 is 0 Å². The number of carbonyl (C=O) groups is 1. The quantitative estimate of drug-likeness (QED) is 0.847. The molecular formula is C15H21NO3. The predicted molar refractivity (Wildman–Crippen MR) is 73.4 cm³/mol. The van der Waals surface area contributed by atoms with Crippen LogP contribution in [0.3, 0.4) is 0 Å². The minimum absolute atomic E-state index is 0.251. The average molecular weight is 263 g/mol. The van der Waals surface area contributed by atoms with Crippen molar-refractivity contribution in [1.29, 1.82) is 0 Å². The summed E-state index contributed by atoms with van der Waals surface area (Å²) in [6.07, 6.45) is -0.251. The number of amides is 1. The summed E-state index contributed by atoms with van der Waals surface area (Å²) in [5, 5.41) is 9.50. The third kappa shape index (κ3) is 3.19. The Morgan fingerprint density at radius 1 is 1.37 bits per heavy atom. The van der Waals surface area contributed by atoms with Gasteiger partial charge in [-0.05, 0) is 44.9 Å². The Balaban J connectivity index is 1.92. The number of nitrogens with zero attached hydrogens (tertiary/aromatic N) is 1. The fraction of sp³-hybridized carbons (Fsp3) is 0.533. The molecule has 0 spiro atoms. The van der Waals surface area contributed by atoms with Crippen molar-refractivity contribution in [3.05, 3.63) is 29.3 Å². The summed E-state index contributed by atoms with van der Waals surface area (Å²) in [6, 6.07) is 5.60. The van der Waals surface area contributed by atoms with Gasteiger partial charge in [-0.25, -0.2) is 4.79 Å². The highest BCUT2D eigenvalue weighted by atomic mass is 16.6. The topological polar surface area (TPSA) is 49.8 Å². The van der Waals surface area contributed by atoms with E-state index < -0.39 is 5.60 Å². The molecule has 2 rings (SSSR count). The lowest BCUT2D eigenvalue weighted by Crippen LogP contribution is -2.50. The van der Waals surface area contributed by atoms with Gasteiger partial charge in [-0.2, -0.15) is 0 Å². The first-order valence-electron chi connectivity index (χ1n) is 6.54. The molecule has 0 aliphatic carbocycles. The Labute approximate surface area is 114 Å². The zero-order chi connectivity index (χ0) is 14.2. The Morgan fingerprint density at radius 2 is 2.00 bits per heavy atom. The lowest BCUT2D eigenvalue weighted by atomic mass is 9.91. The zero-order valence-electron chi connectivity index (χ0n) is 11.9. The highest BCUT2D eigenvalue weighted by Crippen LogP contribution is 2.30. The van der Waals surface area contributed by atoms with Gasteiger partial charge in [0.2, 0.25) is 0 Å². The monoisotopic (exact) mass is 263 g/mol. The highest BCUT2D eigenvalue weighted by Gasteiger charge is 2.34. The number of hydrogen-bond acceptors (Lipinski definition) is 3. The van der Waals surface area contributed by atoms with Crippen molar-refractivity contribution in [1.82, 2.24) is 4.90 Å². The first kappa shape index (κ1) is 13.7. The second-order valence-corrected chi connectivity index (χ2v) is 6.13. The summed E-state index contributed by atoms with van der Waals surface area (Å²) in [5.74, 6) is 0.652. The van der Waals surface area contributed by atoms with Crippen molar-refractivity contribution in [3.8, 4) is 5.75 Å². The van der Waals surface area contributed by atoms with Crippen molar-refractivity contribution in [2.45, 2.75) is 39.2 Å². The van der Waals surface area contributed by atoms with Crippen molar-refractivity contribution >= 4 is 6.09 Å². The van der Waals surface area contributed by atoms with Gasteiger partial charge in [0.25, 0.3) is 0 Å². The molecule has 1 aliphatic heterocycles. The van der Waals surface area contributed by atoms with E-state index in [1.807, 2.05) is 39.8 Å². The van der Waals surface area contributed by atoms with Gasteiger partial charge in [-0.1, -0.05) is 12.1 Å². The van der Waals surface area contributed by atoms with Gasteiger partial charge in [0.15, 0.2) is 0 Å². The van der Waals surface area contributed by atoms with E-state index in [1.54, 1.807) is 11.0 Å². The lowest BCUT2D eigenvalue weighted by Gasteiger charge is -2.40. The van der Waals surface area contributed by atoms with E-state index in [1.165, 1.54) is 0 Å². The molecule has 0 radical (unpaired) electrons. The molecule has 1 heterocycles. The van der Waals surface area contributed by atoms with Crippen LogP contribution in [0.25, 0.3) is 0 Å². The number of phenols is 1. The summed E-state index contributed by atoms with van der Waals surface area (Å²) < 4.78 is 5.32. The molecule has 4 heteroatoms. The van der Waals surface area contributed by atoms with Crippen LogP contribution in [0.1, 0.15) is 37.8 Å². The van der Waals surface area contributed by atoms with E-state index in [0.29, 0.717) is 24.8 Å². The molecular weight excluding hydrogens is 242 g/mol. The van der Waals surface area contributed by atoms with E-state index >= 15 is 0 Å². The number of carbonyl (C=O) groups excluding carboxylic acids is 1. The largest absolute Gasteiger partial charge is 0.508 e. The van der Waals surface area contributed by atoms with Crippen LogP contribution in [-0.2, 0) is 4.74 Å². The van der Waals surface area contributed by atoms with Gasteiger partial charge in [0.05, 0.1) is 0 Å². The molecule has 1 saturated heterocycles. The maximum atomic E-state index is 11.8. The Hall–Kier alpha value is -1.71. The lowest BCUT2D eigenvalue weighted by molar-refractivity contribution is 0.00819. The standard InChI is InChI=1S/C15H21NO3/c1-10-7-11(5-6-13(10)17)12-8-16(9-12)14(18)19-15(2,3)4/h5-7,12,17H,8-9H2,1-4H3. The maximum Gasteiger partial charge on any atom is 0.410 e. The molecule has 1 fully saturated rings. The van der Waals surface area contributed by atoms with E-state index in [2.05, 4.69) is 0 Å². The smallest absolute Gasteiger partial charge is 0.410 e. The number of benzene rings is 1. The van der Waals surface area contributed by atoms with Gasteiger partial charge in [-0.15, -0.1) is 0 Å². The van der Waals surface area contributed by atoms with E-state index in [-0.39, 0.29) is 6.09 Å². The number of aryl methyl sites for hydroxylation is 1. The Kier molecular flexibility index (Phi) is 3.43. The second kappa shape index (κ2) is 4.76. The molecule has 0 bridgehead atoms. The molecule has 1 aromatic rings. The number of likely N-dealkylation sites (tertiary alicyclic amines) is 1. The van der Waals surface area contributed by atoms with E-state index in [0.717, 1.165) is 11.1 Å². The van der Waals surface area contributed by atoms with Gasteiger partial charge in [-0.3, -0.25) is 0 Å². The van der Waals surface area contributed by atoms with Gasteiger partial charge < -0.3 is 14.7 Å². The molecule has 1 N–H and O–H groups in total. The normalized spacial score (nSPS) is 16.1. The fourth-order valence-electron chi connectivity index (χ4n) is 2.10. The maximum absolute atomic E-state index is 11.8. The zero-order valence-corrected chi connectivity index (χ0v) is 11.9. The van der Waals surface area contributed by atoms with Crippen LogP contribution in [0.2, 0.25) is 0 Å². The second-order valence-electron chi connectivity index (χ2n) is 6.13. The number of ether oxygens (including phenoxy) is 1. The molecule has 0 aromatic heterocycles. The SMILES string of the molecule is Cc1cc(C2CN(C(=O)OC(C)(C)C)C2)ccc1O. The number of phenolic OH excluding ortho intramolecular Hbond substituents is 1. The molecule has 1 aliphatic rings. The summed E-state index contributed by atoms with van der Waals surface area (Å²) in [6.45, 7) is 8.84. The third-order valence-corrected chi connectivity index (χ3v) is 3.23. The Morgan fingerprint density at radius 3 is 2.53 bits per heavy atom. The molecule has 0 unspecified atom stereocenters. The summed E-state index contributed by atoms with van der Waals surface area (Å²) in [5.41, 5.74) is 1.58. The summed E-state index contributed by atoms with van der Waals surface area (Å²) >= 11 is 0.